The molecule has 0 aromatic carbocycles. The number of hydrogen-bond donors (Lipinski definition) is 0. The maximum Gasteiger partial charge on any atom is 0.319 e. The molecule has 2 rings (SSSR count). The molecule has 0 saturated carbocycles. The summed E-state index contributed by atoms with van der Waals surface area (Å²) in [6, 6.07) is -0.0124. The first kappa shape index (κ1) is 15.1. The van der Waals surface area contributed by atoms with Crippen molar-refractivity contribution in [2.75, 3.05) is 46.9 Å². The van der Waals surface area contributed by atoms with Crippen molar-refractivity contribution in [3.05, 3.63) is 0 Å². The number of hydrogen-bond acceptors (Lipinski definition) is 3. The van der Waals surface area contributed by atoms with Crippen LogP contribution in [0.25, 0.3) is 0 Å². The Bertz CT molecular complexity index is 378. The molecule has 2 heterocycles. The van der Waals surface area contributed by atoms with Crippen LogP contribution in [0.1, 0.15) is 26.2 Å². The minimum Gasteiger partial charge on any atom is -0.381 e. The van der Waals surface area contributed by atoms with Crippen molar-refractivity contribution in [3.8, 4) is 0 Å². The van der Waals surface area contributed by atoms with Crippen LogP contribution in [-0.2, 0) is 9.53 Å². The number of likely N-dealkylation sites (N-methyl/N-ethyl adjacent to an activating group) is 1. The molecule has 1 spiro atoms. The summed E-state index contributed by atoms with van der Waals surface area (Å²) in [5.74, 6) is 0.156. The molecule has 6 nitrogen and oxygen atoms in total. The second-order valence-electron chi connectivity index (χ2n) is 5.82. The Morgan fingerprint density at radius 2 is 2.00 bits per heavy atom. The van der Waals surface area contributed by atoms with Crippen molar-refractivity contribution in [1.29, 1.82) is 0 Å². The molecule has 0 atom stereocenters. The van der Waals surface area contributed by atoms with Crippen LogP contribution in [0.5, 0.6) is 0 Å². The summed E-state index contributed by atoms with van der Waals surface area (Å²) in [5.41, 5.74) is -0.244. The molecule has 2 saturated heterocycles. The molecule has 0 unspecified atom stereocenters. The second kappa shape index (κ2) is 5.99. The third kappa shape index (κ3) is 2.75. The van der Waals surface area contributed by atoms with E-state index in [1.807, 2.05) is 16.7 Å². The van der Waals surface area contributed by atoms with Gasteiger partial charge in [-0.3, -0.25) is 4.79 Å². The summed E-state index contributed by atoms with van der Waals surface area (Å²) >= 11 is 0. The van der Waals surface area contributed by atoms with Gasteiger partial charge in [-0.2, -0.15) is 0 Å². The zero-order valence-corrected chi connectivity index (χ0v) is 12.7. The van der Waals surface area contributed by atoms with E-state index in [4.69, 9.17) is 4.74 Å². The first-order chi connectivity index (χ1) is 9.50. The third-order valence-electron chi connectivity index (χ3n) is 4.35. The van der Waals surface area contributed by atoms with E-state index < -0.39 is 0 Å². The van der Waals surface area contributed by atoms with Crippen molar-refractivity contribution in [2.45, 2.75) is 31.7 Å². The molecule has 114 valence electrons. The maximum atomic E-state index is 12.4. The molecule has 3 amide bonds. The molecule has 2 fully saturated rings. The lowest BCUT2D eigenvalue weighted by Gasteiger charge is -2.46. The van der Waals surface area contributed by atoms with Gasteiger partial charge < -0.3 is 19.4 Å². The van der Waals surface area contributed by atoms with Crippen LogP contribution in [0, 0.1) is 0 Å². The fourth-order valence-electron chi connectivity index (χ4n) is 3.29. The van der Waals surface area contributed by atoms with E-state index >= 15 is 0 Å². The molecule has 6 heteroatoms. The molecule has 0 N–H and O–H groups in total. The highest BCUT2D eigenvalue weighted by Gasteiger charge is 2.44. The van der Waals surface area contributed by atoms with Gasteiger partial charge in [0, 0.05) is 53.4 Å². The minimum absolute atomic E-state index is 0.0124. The zero-order valence-electron chi connectivity index (χ0n) is 12.7. The maximum absolute atomic E-state index is 12.4. The summed E-state index contributed by atoms with van der Waals surface area (Å²) in [6.45, 7) is 5.16. The molecule has 0 radical (unpaired) electrons. The predicted molar refractivity (Wildman–Crippen MR) is 75.4 cm³/mol. The number of urea groups is 1. The quantitative estimate of drug-likeness (QED) is 0.714. The van der Waals surface area contributed by atoms with Gasteiger partial charge in [0.1, 0.15) is 0 Å². The molecule has 0 bridgehead atoms. The van der Waals surface area contributed by atoms with Crippen LogP contribution in [0.3, 0.4) is 0 Å². The topological polar surface area (TPSA) is 53.1 Å². The predicted octanol–water partition coefficient (Wildman–Crippen LogP) is 0.771. The summed E-state index contributed by atoms with van der Waals surface area (Å²) in [6.07, 6.45) is 2.03. The fraction of sp³-hybridized carbons (Fsp3) is 0.857. The standard InChI is InChI=1S/C14H25N3O3/c1-4-17-12(18)5-8-16(13(19)15(2)3)11-14(17)6-9-20-10-7-14/h4-11H2,1-3H3. The van der Waals surface area contributed by atoms with E-state index in [-0.39, 0.29) is 17.5 Å². The molecule has 2 aliphatic rings. The lowest BCUT2D eigenvalue weighted by molar-refractivity contribution is -0.139. The van der Waals surface area contributed by atoms with Crippen molar-refractivity contribution in [3.63, 3.8) is 0 Å². The SMILES string of the molecule is CCN1C(=O)CCN(C(=O)N(C)C)CC12CCOCC2. The van der Waals surface area contributed by atoms with Crippen molar-refractivity contribution in [1.82, 2.24) is 14.7 Å². The normalized spacial score (nSPS) is 22.9. The Labute approximate surface area is 120 Å². The summed E-state index contributed by atoms with van der Waals surface area (Å²) in [4.78, 5) is 30.0. The molecular weight excluding hydrogens is 258 g/mol. The van der Waals surface area contributed by atoms with Gasteiger partial charge in [0.25, 0.3) is 0 Å². The average molecular weight is 283 g/mol. The second-order valence-corrected chi connectivity index (χ2v) is 5.82. The Kier molecular flexibility index (Phi) is 4.52. The third-order valence-corrected chi connectivity index (χ3v) is 4.35. The number of carbonyl (C=O) groups is 2. The first-order valence-corrected chi connectivity index (χ1v) is 7.34. The van der Waals surface area contributed by atoms with Crippen LogP contribution in [0.2, 0.25) is 0 Å². The summed E-state index contributed by atoms with van der Waals surface area (Å²) in [7, 11) is 3.51. The molecular formula is C14H25N3O3. The van der Waals surface area contributed by atoms with E-state index in [0.717, 1.165) is 12.8 Å². The molecule has 2 aliphatic heterocycles. The van der Waals surface area contributed by atoms with Gasteiger partial charge in [0.05, 0.1) is 5.54 Å². The first-order valence-electron chi connectivity index (χ1n) is 7.34. The van der Waals surface area contributed by atoms with E-state index in [1.54, 1.807) is 19.0 Å². The van der Waals surface area contributed by atoms with Gasteiger partial charge in [-0.05, 0) is 19.8 Å². The highest BCUT2D eigenvalue weighted by molar-refractivity contribution is 5.80. The molecule has 0 aromatic heterocycles. The smallest absolute Gasteiger partial charge is 0.319 e. The minimum atomic E-state index is -0.244. The number of nitrogens with zero attached hydrogens (tertiary/aromatic N) is 3. The van der Waals surface area contributed by atoms with Crippen LogP contribution in [-0.4, -0.2) is 79.1 Å². The molecule has 0 aliphatic carbocycles. The molecule has 0 aromatic rings. The number of amides is 3. The largest absolute Gasteiger partial charge is 0.381 e. The summed E-state index contributed by atoms with van der Waals surface area (Å²) in [5, 5.41) is 0. The number of ether oxygens (including phenoxy) is 1. The Morgan fingerprint density at radius 1 is 1.35 bits per heavy atom. The lowest BCUT2D eigenvalue weighted by Crippen LogP contribution is -2.59. The van der Waals surface area contributed by atoms with Crippen LogP contribution >= 0.6 is 0 Å². The molecule has 20 heavy (non-hydrogen) atoms. The van der Waals surface area contributed by atoms with Crippen LogP contribution in [0.4, 0.5) is 4.79 Å². The van der Waals surface area contributed by atoms with Gasteiger partial charge in [-0.1, -0.05) is 0 Å². The van der Waals surface area contributed by atoms with Gasteiger partial charge >= 0.3 is 6.03 Å². The van der Waals surface area contributed by atoms with Gasteiger partial charge in [-0.15, -0.1) is 0 Å². The van der Waals surface area contributed by atoms with Gasteiger partial charge in [0.15, 0.2) is 0 Å². The van der Waals surface area contributed by atoms with E-state index in [0.29, 0.717) is 39.3 Å². The average Bonchev–Trinajstić information content (AvgIpc) is 2.56. The van der Waals surface area contributed by atoms with Gasteiger partial charge in [-0.25, -0.2) is 4.79 Å². The lowest BCUT2D eigenvalue weighted by atomic mass is 9.87. The number of rotatable bonds is 1. The monoisotopic (exact) mass is 283 g/mol. The van der Waals surface area contributed by atoms with Crippen molar-refractivity contribution < 1.29 is 14.3 Å². The van der Waals surface area contributed by atoms with E-state index in [2.05, 4.69) is 0 Å². The highest BCUT2D eigenvalue weighted by atomic mass is 16.5. The van der Waals surface area contributed by atoms with Crippen molar-refractivity contribution >= 4 is 11.9 Å². The Morgan fingerprint density at radius 3 is 2.55 bits per heavy atom. The van der Waals surface area contributed by atoms with E-state index in [1.165, 1.54) is 0 Å². The zero-order chi connectivity index (χ0) is 14.8. The summed E-state index contributed by atoms with van der Waals surface area (Å²) < 4.78 is 5.46. The Balaban J connectivity index is 2.27. The Hall–Kier alpha value is -1.30. The van der Waals surface area contributed by atoms with Crippen molar-refractivity contribution in [2.24, 2.45) is 0 Å². The number of carbonyl (C=O) groups excluding carboxylic acids is 2. The fourth-order valence-corrected chi connectivity index (χ4v) is 3.29. The van der Waals surface area contributed by atoms with Crippen LogP contribution in [0.15, 0.2) is 0 Å². The van der Waals surface area contributed by atoms with Gasteiger partial charge in [0.2, 0.25) is 5.91 Å². The highest BCUT2D eigenvalue weighted by Crippen LogP contribution is 2.32. The van der Waals surface area contributed by atoms with Crippen LogP contribution < -0.4 is 0 Å². The van der Waals surface area contributed by atoms with E-state index in [9.17, 15) is 9.59 Å².